The Morgan fingerprint density at radius 2 is 1.00 bits per heavy atom. The fourth-order valence-corrected chi connectivity index (χ4v) is 11.1. The highest BCUT2D eigenvalue weighted by molar-refractivity contribution is 5.41. The molecular formula is C36H48O4. The number of hydrogen-bond acceptors (Lipinski definition) is 4. The SMILES string of the molecule is C[C@]12CC[C@@H]3c4ccc(O)cc4CC[C@H]3[C@@H]1CCC2O.C[C@]12CC[C@@H]3c4ccc(O)cc4CC[C@H]3[C@@H]1CCC2O. The fraction of sp³-hybridized carbons (Fsp3) is 0.667. The summed E-state index contributed by atoms with van der Waals surface area (Å²) in [7, 11) is 0. The summed E-state index contributed by atoms with van der Waals surface area (Å²) in [5, 5.41) is 40.1. The van der Waals surface area contributed by atoms with Crippen LogP contribution in [0, 0.1) is 34.5 Å². The van der Waals surface area contributed by atoms with Crippen molar-refractivity contribution in [1.29, 1.82) is 0 Å². The van der Waals surface area contributed by atoms with Crippen molar-refractivity contribution in [2.24, 2.45) is 34.5 Å². The predicted octanol–water partition coefficient (Wildman–Crippen LogP) is 7.22. The van der Waals surface area contributed by atoms with Crippen LogP contribution in [0.3, 0.4) is 0 Å². The van der Waals surface area contributed by atoms with E-state index in [4.69, 9.17) is 0 Å². The van der Waals surface area contributed by atoms with Crippen molar-refractivity contribution < 1.29 is 20.4 Å². The van der Waals surface area contributed by atoms with Gasteiger partial charge in [0.05, 0.1) is 12.2 Å². The Morgan fingerprint density at radius 3 is 1.43 bits per heavy atom. The molecule has 0 aromatic heterocycles. The van der Waals surface area contributed by atoms with Crippen molar-refractivity contribution in [1.82, 2.24) is 0 Å². The minimum absolute atomic E-state index is 0.0883. The zero-order valence-electron chi connectivity index (χ0n) is 24.4. The van der Waals surface area contributed by atoms with Crippen molar-refractivity contribution in [2.45, 2.75) is 115 Å². The molecule has 0 bridgehead atoms. The van der Waals surface area contributed by atoms with Crippen LogP contribution in [0.15, 0.2) is 36.4 Å². The molecular weight excluding hydrogens is 496 g/mol. The third-order valence-corrected chi connectivity index (χ3v) is 13.3. The minimum Gasteiger partial charge on any atom is -0.508 e. The van der Waals surface area contributed by atoms with Crippen molar-refractivity contribution >= 4 is 0 Å². The number of phenols is 2. The average Bonchev–Trinajstić information content (AvgIpc) is 3.43. The number of rotatable bonds is 0. The quantitative estimate of drug-likeness (QED) is 0.282. The van der Waals surface area contributed by atoms with E-state index in [2.05, 4.69) is 26.0 Å². The van der Waals surface area contributed by atoms with Gasteiger partial charge in [-0.25, -0.2) is 0 Å². The molecule has 2 aromatic carbocycles. The molecule has 10 atom stereocenters. The highest BCUT2D eigenvalue weighted by Gasteiger charge is 2.55. The number of fused-ring (bicyclic) bond motifs is 10. The van der Waals surface area contributed by atoms with Crippen LogP contribution in [0.1, 0.15) is 112 Å². The number of aryl methyl sites for hydroxylation is 2. The maximum atomic E-state index is 10.4. The van der Waals surface area contributed by atoms with E-state index in [-0.39, 0.29) is 23.0 Å². The summed E-state index contributed by atoms with van der Waals surface area (Å²) in [5.41, 5.74) is 5.98. The number of benzene rings is 2. The van der Waals surface area contributed by atoms with Gasteiger partial charge in [0.1, 0.15) is 11.5 Å². The van der Waals surface area contributed by atoms with Gasteiger partial charge in [-0.05, 0) is 170 Å². The lowest BCUT2D eigenvalue weighted by Crippen LogP contribution is -2.43. The van der Waals surface area contributed by atoms with E-state index in [1.54, 1.807) is 0 Å². The molecule has 0 aliphatic heterocycles. The molecule has 0 saturated heterocycles. The van der Waals surface area contributed by atoms with Gasteiger partial charge in [0.15, 0.2) is 0 Å². The lowest BCUT2D eigenvalue weighted by Gasteiger charge is -2.50. The predicted molar refractivity (Wildman–Crippen MR) is 157 cm³/mol. The molecule has 2 unspecified atom stereocenters. The topological polar surface area (TPSA) is 80.9 Å². The van der Waals surface area contributed by atoms with E-state index < -0.39 is 0 Å². The van der Waals surface area contributed by atoms with Crippen LogP contribution in [-0.4, -0.2) is 32.6 Å². The molecule has 4 saturated carbocycles. The van der Waals surface area contributed by atoms with Crippen LogP contribution < -0.4 is 0 Å². The Labute approximate surface area is 239 Å². The van der Waals surface area contributed by atoms with Crippen molar-refractivity contribution in [3.8, 4) is 11.5 Å². The molecule has 8 rings (SSSR count). The van der Waals surface area contributed by atoms with Gasteiger partial charge >= 0.3 is 0 Å². The van der Waals surface area contributed by atoms with Crippen LogP contribution in [0.5, 0.6) is 11.5 Å². The van der Waals surface area contributed by atoms with E-state index in [9.17, 15) is 20.4 Å². The standard InChI is InChI=1S/2C18H24O2/c2*1-18-9-8-14-13-5-3-12(19)10-11(13)2-4-15(14)16(18)6-7-17(18)20/h2*3,5,10,14-17,19-20H,2,4,6-9H2,1H3/t2*14-,15-,16+,17?,18+/m11/s1. The third kappa shape index (κ3) is 4.07. The first kappa shape index (κ1) is 26.8. The molecule has 0 radical (unpaired) electrons. The Balaban J connectivity index is 0.000000132. The summed E-state index contributed by atoms with van der Waals surface area (Å²) in [6.07, 6.45) is 13.6. The fourth-order valence-electron chi connectivity index (χ4n) is 11.1. The monoisotopic (exact) mass is 544 g/mol. The van der Waals surface area contributed by atoms with Crippen molar-refractivity contribution in [3.63, 3.8) is 0 Å². The summed E-state index contributed by atoms with van der Waals surface area (Å²) < 4.78 is 0. The lowest BCUT2D eigenvalue weighted by molar-refractivity contribution is -0.0226. The molecule has 0 heterocycles. The Hall–Kier alpha value is -2.04. The molecule has 4 N–H and O–H groups in total. The van der Waals surface area contributed by atoms with Crippen LogP contribution >= 0.6 is 0 Å². The molecule has 40 heavy (non-hydrogen) atoms. The van der Waals surface area contributed by atoms with E-state index in [1.165, 1.54) is 60.8 Å². The lowest BCUT2D eigenvalue weighted by atomic mass is 9.55. The first-order valence-corrected chi connectivity index (χ1v) is 16.2. The van der Waals surface area contributed by atoms with Crippen LogP contribution in [0.2, 0.25) is 0 Å². The minimum atomic E-state index is -0.0883. The van der Waals surface area contributed by atoms with Gasteiger partial charge in [-0.15, -0.1) is 0 Å². The van der Waals surface area contributed by atoms with Crippen molar-refractivity contribution in [2.75, 3.05) is 0 Å². The Kier molecular flexibility index (Phi) is 6.55. The van der Waals surface area contributed by atoms with Crippen molar-refractivity contribution in [3.05, 3.63) is 58.7 Å². The maximum absolute atomic E-state index is 10.4. The number of aliphatic hydroxyl groups excluding tert-OH is 2. The zero-order valence-corrected chi connectivity index (χ0v) is 24.4. The maximum Gasteiger partial charge on any atom is 0.115 e. The number of phenolic OH excluding ortho intramolecular Hbond substituents is 2. The number of hydrogen-bond donors (Lipinski definition) is 4. The highest BCUT2D eigenvalue weighted by atomic mass is 16.3. The van der Waals surface area contributed by atoms with Gasteiger partial charge in [-0.3, -0.25) is 0 Å². The molecule has 6 aliphatic carbocycles. The first-order valence-electron chi connectivity index (χ1n) is 16.2. The summed E-state index contributed by atoms with van der Waals surface area (Å²) in [6.45, 7) is 4.63. The van der Waals surface area contributed by atoms with Crippen LogP contribution in [0.4, 0.5) is 0 Å². The second kappa shape index (κ2) is 9.76. The van der Waals surface area contributed by atoms with E-state index in [0.717, 1.165) is 50.4 Å². The van der Waals surface area contributed by atoms with E-state index >= 15 is 0 Å². The van der Waals surface area contributed by atoms with Gasteiger partial charge < -0.3 is 20.4 Å². The number of aromatic hydroxyl groups is 2. The second-order valence-electron chi connectivity index (χ2n) is 14.9. The van der Waals surface area contributed by atoms with Gasteiger partial charge in [0.25, 0.3) is 0 Å². The second-order valence-corrected chi connectivity index (χ2v) is 14.9. The molecule has 4 nitrogen and oxygen atoms in total. The smallest absolute Gasteiger partial charge is 0.115 e. The molecule has 4 heteroatoms. The molecule has 2 aromatic rings. The number of aliphatic hydroxyl groups is 2. The Morgan fingerprint density at radius 1 is 0.575 bits per heavy atom. The van der Waals surface area contributed by atoms with Gasteiger partial charge in [-0.2, -0.15) is 0 Å². The van der Waals surface area contributed by atoms with E-state index in [1.807, 2.05) is 24.3 Å². The molecule has 0 spiro atoms. The van der Waals surface area contributed by atoms with Crippen LogP contribution in [-0.2, 0) is 12.8 Å². The summed E-state index contributed by atoms with van der Waals surface area (Å²) in [5.74, 6) is 4.98. The average molecular weight is 545 g/mol. The summed E-state index contributed by atoms with van der Waals surface area (Å²) in [4.78, 5) is 0. The zero-order chi connectivity index (χ0) is 27.8. The van der Waals surface area contributed by atoms with Crippen LogP contribution in [0.25, 0.3) is 0 Å². The third-order valence-electron chi connectivity index (χ3n) is 13.3. The summed E-state index contributed by atoms with van der Waals surface area (Å²) >= 11 is 0. The van der Waals surface area contributed by atoms with E-state index in [0.29, 0.717) is 35.2 Å². The normalized spacial score (nSPS) is 42.7. The summed E-state index contributed by atoms with van der Waals surface area (Å²) in [6, 6.07) is 11.9. The highest BCUT2D eigenvalue weighted by Crippen LogP contribution is 2.62. The molecule has 6 aliphatic rings. The largest absolute Gasteiger partial charge is 0.508 e. The first-order chi connectivity index (χ1) is 19.2. The van der Waals surface area contributed by atoms with Gasteiger partial charge in [-0.1, -0.05) is 26.0 Å². The molecule has 216 valence electrons. The van der Waals surface area contributed by atoms with Gasteiger partial charge in [0.2, 0.25) is 0 Å². The molecule has 0 amide bonds. The molecule has 4 fully saturated rings. The Bertz CT molecular complexity index is 1170. The van der Waals surface area contributed by atoms with Gasteiger partial charge in [0, 0.05) is 0 Å².